The van der Waals surface area contributed by atoms with E-state index in [0.29, 0.717) is 0 Å². The third-order valence-electron chi connectivity index (χ3n) is 3.31. The van der Waals surface area contributed by atoms with Crippen molar-refractivity contribution in [2.45, 2.75) is 20.0 Å². The number of aryl methyl sites for hydroxylation is 2. The Morgan fingerprint density at radius 2 is 1.60 bits per heavy atom. The molecule has 0 spiro atoms. The van der Waals surface area contributed by atoms with Gasteiger partial charge in [0.2, 0.25) is 0 Å². The highest BCUT2D eigenvalue weighted by atomic mass is 16.5. The molecule has 0 aromatic heterocycles. The first-order valence-electron chi connectivity index (χ1n) is 6.58. The van der Waals surface area contributed by atoms with Crippen molar-refractivity contribution in [2.24, 2.45) is 0 Å². The van der Waals surface area contributed by atoms with Crippen molar-refractivity contribution in [3.8, 4) is 0 Å². The molecule has 2 aromatic carbocycles. The van der Waals surface area contributed by atoms with E-state index < -0.39 is 6.10 Å². The van der Waals surface area contributed by atoms with E-state index in [9.17, 15) is 4.79 Å². The molecule has 1 N–H and O–H groups in total. The summed E-state index contributed by atoms with van der Waals surface area (Å²) in [4.78, 5) is 12.4. The molecule has 0 unspecified atom stereocenters. The zero-order chi connectivity index (χ0) is 14.5. The van der Waals surface area contributed by atoms with Gasteiger partial charge in [0.05, 0.1) is 0 Å². The fourth-order valence-electron chi connectivity index (χ4n) is 2.22. The smallest absolute Gasteiger partial charge is 0.258 e. The number of hydrogen-bond acceptors (Lipinski definition) is 2. The summed E-state index contributed by atoms with van der Waals surface area (Å²) in [7, 11) is 1.54. The number of para-hydroxylation sites is 1. The Kier molecular flexibility index (Phi) is 4.53. The van der Waals surface area contributed by atoms with Gasteiger partial charge in [-0.3, -0.25) is 4.79 Å². The van der Waals surface area contributed by atoms with Crippen LogP contribution in [0.1, 0.15) is 22.8 Å². The summed E-state index contributed by atoms with van der Waals surface area (Å²) < 4.78 is 5.34. The van der Waals surface area contributed by atoms with Crippen LogP contribution in [0.25, 0.3) is 0 Å². The quantitative estimate of drug-likeness (QED) is 0.920. The first-order valence-corrected chi connectivity index (χ1v) is 6.58. The molecule has 1 amide bonds. The lowest BCUT2D eigenvalue weighted by atomic mass is 10.1. The van der Waals surface area contributed by atoms with Crippen molar-refractivity contribution in [3.63, 3.8) is 0 Å². The summed E-state index contributed by atoms with van der Waals surface area (Å²) >= 11 is 0. The van der Waals surface area contributed by atoms with Crippen molar-refractivity contribution in [3.05, 3.63) is 65.2 Å². The van der Waals surface area contributed by atoms with E-state index in [-0.39, 0.29) is 5.91 Å². The number of nitrogens with one attached hydrogen (secondary N) is 1. The zero-order valence-corrected chi connectivity index (χ0v) is 12.0. The van der Waals surface area contributed by atoms with Crippen LogP contribution in [-0.4, -0.2) is 13.0 Å². The number of hydrogen-bond donors (Lipinski definition) is 1. The van der Waals surface area contributed by atoms with E-state index in [2.05, 4.69) is 5.32 Å². The lowest BCUT2D eigenvalue weighted by Crippen LogP contribution is -2.23. The van der Waals surface area contributed by atoms with Crippen molar-refractivity contribution in [1.29, 1.82) is 0 Å². The summed E-state index contributed by atoms with van der Waals surface area (Å²) in [6.07, 6.45) is -0.602. The van der Waals surface area contributed by atoms with Crippen LogP contribution in [0.2, 0.25) is 0 Å². The lowest BCUT2D eigenvalue weighted by molar-refractivity contribution is -0.126. The molecule has 0 saturated carbocycles. The topological polar surface area (TPSA) is 38.3 Å². The molecule has 0 fully saturated rings. The average molecular weight is 269 g/mol. The number of rotatable bonds is 4. The van der Waals surface area contributed by atoms with E-state index in [1.54, 1.807) is 7.11 Å². The van der Waals surface area contributed by atoms with Crippen molar-refractivity contribution in [1.82, 2.24) is 0 Å². The monoisotopic (exact) mass is 269 g/mol. The summed E-state index contributed by atoms with van der Waals surface area (Å²) in [5.74, 6) is -0.156. The van der Waals surface area contributed by atoms with Gasteiger partial charge in [-0.1, -0.05) is 48.5 Å². The summed E-state index contributed by atoms with van der Waals surface area (Å²) in [5, 5.41) is 2.96. The van der Waals surface area contributed by atoms with Gasteiger partial charge in [-0.05, 0) is 30.5 Å². The molecule has 0 radical (unpaired) electrons. The molecule has 2 rings (SSSR count). The summed E-state index contributed by atoms with van der Waals surface area (Å²) in [5.41, 5.74) is 3.79. The van der Waals surface area contributed by atoms with Gasteiger partial charge in [-0.15, -0.1) is 0 Å². The van der Waals surface area contributed by atoms with Crippen LogP contribution >= 0.6 is 0 Å². The normalized spacial score (nSPS) is 11.9. The van der Waals surface area contributed by atoms with Crippen molar-refractivity contribution in [2.75, 3.05) is 12.4 Å². The predicted octanol–water partition coefficient (Wildman–Crippen LogP) is 3.63. The molecule has 20 heavy (non-hydrogen) atoms. The second-order valence-electron chi connectivity index (χ2n) is 4.78. The van der Waals surface area contributed by atoms with Gasteiger partial charge in [-0.2, -0.15) is 0 Å². The van der Waals surface area contributed by atoms with Gasteiger partial charge in [0.25, 0.3) is 5.91 Å². The van der Waals surface area contributed by atoms with E-state index in [1.807, 2.05) is 62.4 Å². The standard InChI is InChI=1S/C17H19NO2/c1-12-8-7-9-13(2)15(12)18-17(19)16(20-3)14-10-5-4-6-11-14/h4-11,16H,1-3H3,(H,18,19)/t16-/m0/s1. The minimum absolute atomic E-state index is 0.156. The molecule has 1 atom stereocenters. The molecule has 0 aliphatic rings. The highest BCUT2D eigenvalue weighted by Gasteiger charge is 2.20. The third-order valence-corrected chi connectivity index (χ3v) is 3.31. The van der Waals surface area contributed by atoms with Gasteiger partial charge >= 0.3 is 0 Å². The van der Waals surface area contributed by atoms with Gasteiger partial charge in [0.1, 0.15) is 0 Å². The number of ether oxygens (including phenoxy) is 1. The lowest BCUT2D eigenvalue weighted by Gasteiger charge is -2.18. The number of carbonyl (C=O) groups is 1. The number of carbonyl (C=O) groups excluding carboxylic acids is 1. The maximum atomic E-state index is 12.4. The predicted molar refractivity (Wildman–Crippen MR) is 80.7 cm³/mol. The summed E-state index contributed by atoms with van der Waals surface area (Å²) in [6.45, 7) is 3.96. The van der Waals surface area contributed by atoms with Crippen LogP contribution in [0.15, 0.2) is 48.5 Å². The highest BCUT2D eigenvalue weighted by molar-refractivity contribution is 5.96. The van der Waals surface area contributed by atoms with Gasteiger partial charge in [-0.25, -0.2) is 0 Å². The Labute approximate surface area is 119 Å². The minimum atomic E-state index is -0.602. The number of methoxy groups -OCH3 is 1. The van der Waals surface area contributed by atoms with E-state index in [0.717, 1.165) is 22.4 Å². The summed E-state index contributed by atoms with van der Waals surface area (Å²) in [6, 6.07) is 15.4. The molecule has 3 nitrogen and oxygen atoms in total. The van der Waals surface area contributed by atoms with Crippen LogP contribution in [-0.2, 0) is 9.53 Å². The Morgan fingerprint density at radius 3 is 2.15 bits per heavy atom. The fourth-order valence-corrected chi connectivity index (χ4v) is 2.22. The second-order valence-corrected chi connectivity index (χ2v) is 4.78. The molecule has 0 saturated heterocycles. The highest BCUT2D eigenvalue weighted by Crippen LogP contribution is 2.23. The molecule has 2 aromatic rings. The maximum Gasteiger partial charge on any atom is 0.258 e. The van der Waals surface area contributed by atoms with Crippen LogP contribution in [0.3, 0.4) is 0 Å². The molecule has 0 heterocycles. The van der Waals surface area contributed by atoms with Gasteiger partial charge in [0, 0.05) is 12.8 Å². The first-order chi connectivity index (χ1) is 9.63. The van der Waals surface area contributed by atoms with Crippen LogP contribution in [0, 0.1) is 13.8 Å². The molecule has 0 bridgehead atoms. The van der Waals surface area contributed by atoms with Gasteiger partial charge in [0.15, 0.2) is 6.10 Å². The van der Waals surface area contributed by atoms with Crippen molar-refractivity contribution < 1.29 is 9.53 Å². The fraction of sp³-hybridized carbons (Fsp3) is 0.235. The molecular formula is C17H19NO2. The Balaban J connectivity index is 2.23. The Hall–Kier alpha value is -2.13. The number of anilines is 1. The van der Waals surface area contributed by atoms with Gasteiger partial charge < -0.3 is 10.1 Å². The maximum absolute atomic E-state index is 12.4. The Morgan fingerprint density at radius 1 is 1.00 bits per heavy atom. The van der Waals surface area contributed by atoms with E-state index in [4.69, 9.17) is 4.74 Å². The molecule has 0 aliphatic carbocycles. The SMILES string of the molecule is CO[C@H](C(=O)Nc1c(C)cccc1C)c1ccccc1. The zero-order valence-electron chi connectivity index (χ0n) is 12.0. The molecule has 3 heteroatoms. The molecule has 0 aliphatic heterocycles. The minimum Gasteiger partial charge on any atom is -0.367 e. The van der Waals surface area contributed by atoms with E-state index >= 15 is 0 Å². The second kappa shape index (κ2) is 6.35. The average Bonchev–Trinajstić information content (AvgIpc) is 2.45. The van der Waals surface area contributed by atoms with E-state index in [1.165, 1.54) is 0 Å². The largest absolute Gasteiger partial charge is 0.367 e. The number of benzene rings is 2. The van der Waals surface area contributed by atoms with Crippen LogP contribution in [0.5, 0.6) is 0 Å². The Bertz CT molecular complexity index is 573. The molecule has 104 valence electrons. The third kappa shape index (κ3) is 3.06. The van der Waals surface area contributed by atoms with Crippen LogP contribution < -0.4 is 5.32 Å². The first kappa shape index (κ1) is 14.3. The molecular weight excluding hydrogens is 250 g/mol. The van der Waals surface area contributed by atoms with Crippen LogP contribution in [0.4, 0.5) is 5.69 Å². The van der Waals surface area contributed by atoms with Crippen molar-refractivity contribution >= 4 is 11.6 Å². The number of amides is 1.